The van der Waals surface area contributed by atoms with Gasteiger partial charge in [0.05, 0.1) is 6.61 Å². The first-order valence-corrected chi connectivity index (χ1v) is 3.24. The maximum Gasteiger partial charge on any atom is 0.413 e. The van der Waals surface area contributed by atoms with Crippen LogP contribution in [0.2, 0.25) is 0 Å². The number of carboxylic acids is 1. The Balaban J connectivity index is 3.69. The van der Waals surface area contributed by atoms with Crippen LogP contribution in [0.25, 0.3) is 0 Å². The molecule has 0 aromatic carbocycles. The van der Waals surface area contributed by atoms with Crippen molar-refractivity contribution in [1.29, 1.82) is 0 Å². The molecule has 0 saturated carbocycles. The smallest absolute Gasteiger partial charge is 0.413 e. The lowest BCUT2D eigenvalue weighted by atomic mass is 10.4. The van der Waals surface area contributed by atoms with Gasteiger partial charge in [0, 0.05) is 0 Å². The number of nitrogens with one attached hydrogen (secondary N) is 1. The van der Waals surface area contributed by atoms with E-state index in [1.54, 1.807) is 12.2 Å². The highest BCUT2D eigenvalue weighted by Crippen LogP contribution is 1.81. The predicted octanol–water partition coefficient (Wildman–Crippen LogP) is -0.266. The summed E-state index contributed by atoms with van der Waals surface area (Å²) in [7, 11) is 0. The monoisotopic (exact) mass is 175 g/mol. The highest BCUT2D eigenvalue weighted by molar-refractivity contribution is 6.00. The lowest BCUT2D eigenvalue weighted by Crippen LogP contribution is -2.32. The summed E-state index contributed by atoms with van der Waals surface area (Å²) in [6.07, 6.45) is -1.66. The van der Waals surface area contributed by atoms with Crippen molar-refractivity contribution in [3.8, 4) is 0 Å². The Kier molecular flexibility index (Phi) is 4.43. The Labute approximate surface area is 68.5 Å². The van der Waals surface area contributed by atoms with Gasteiger partial charge in [0.15, 0.2) is 0 Å². The maximum atomic E-state index is 10.5. The third-order valence-corrected chi connectivity index (χ3v) is 0.829. The second-order valence-corrected chi connectivity index (χ2v) is 1.84. The molecule has 0 spiro atoms. The number of hydrogen-bond donors (Lipinski definition) is 2. The van der Waals surface area contributed by atoms with Crippen molar-refractivity contribution < 1.29 is 24.2 Å². The van der Waals surface area contributed by atoms with Gasteiger partial charge in [-0.2, -0.15) is 0 Å². The van der Waals surface area contributed by atoms with Crippen LogP contribution in [-0.2, 0) is 14.3 Å². The van der Waals surface area contributed by atoms with Crippen LogP contribution >= 0.6 is 0 Å². The van der Waals surface area contributed by atoms with Crippen molar-refractivity contribution in [3.05, 3.63) is 0 Å². The Bertz CT molecular complexity index is 200. The van der Waals surface area contributed by atoms with E-state index in [2.05, 4.69) is 4.74 Å². The molecule has 6 heteroatoms. The molecule has 12 heavy (non-hydrogen) atoms. The fourth-order valence-electron chi connectivity index (χ4n) is 0.463. The molecule has 0 radical (unpaired) electrons. The number of carboxylic acid groups (broad SMARTS) is 1. The molecule has 68 valence electrons. The zero-order valence-electron chi connectivity index (χ0n) is 6.49. The quantitative estimate of drug-likeness (QED) is 0.576. The van der Waals surface area contributed by atoms with E-state index in [1.807, 2.05) is 0 Å². The second kappa shape index (κ2) is 5.11. The summed E-state index contributed by atoms with van der Waals surface area (Å²) >= 11 is 0. The van der Waals surface area contributed by atoms with Gasteiger partial charge in [-0.1, -0.05) is 0 Å². The van der Waals surface area contributed by atoms with E-state index in [4.69, 9.17) is 5.11 Å². The summed E-state index contributed by atoms with van der Waals surface area (Å²) < 4.78 is 4.33. The van der Waals surface area contributed by atoms with Crippen LogP contribution < -0.4 is 5.32 Å². The molecule has 0 fully saturated rings. The molecule has 0 heterocycles. The van der Waals surface area contributed by atoms with Crippen molar-refractivity contribution in [2.45, 2.75) is 13.3 Å². The van der Waals surface area contributed by atoms with Crippen molar-refractivity contribution in [2.75, 3.05) is 6.61 Å². The van der Waals surface area contributed by atoms with Crippen molar-refractivity contribution in [1.82, 2.24) is 5.32 Å². The minimum Gasteiger partial charge on any atom is -0.481 e. The first kappa shape index (κ1) is 10.4. The standard InChI is InChI=1S/C6H9NO5/c1-2-12-6(11)7-4(8)3-5(9)10/h2-3H2,1H3,(H,9,10)(H,7,8,11). The van der Waals surface area contributed by atoms with Gasteiger partial charge in [-0.3, -0.25) is 14.9 Å². The molecule has 0 aliphatic carbocycles. The number of carbonyl (C=O) groups excluding carboxylic acids is 2. The fourth-order valence-corrected chi connectivity index (χ4v) is 0.463. The number of ether oxygens (including phenoxy) is 1. The minimum absolute atomic E-state index is 0.131. The van der Waals surface area contributed by atoms with Gasteiger partial charge >= 0.3 is 12.1 Å². The molecule has 0 aromatic heterocycles. The predicted molar refractivity (Wildman–Crippen MR) is 37.4 cm³/mol. The van der Waals surface area contributed by atoms with Crippen molar-refractivity contribution in [2.24, 2.45) is 0 Å². The summed E-state index contributed by atoms with van der Waals surface area (Å²) in [5, 5.41) is 9.84. The van der Waals surface area contributed by atoms with Gasteiger partial charge in [-0.25, -0.2) is 4.79 Å². The number of aliphatic carboxylic acids is 1. The number of hydrogen-bond acceptors (Lipinski definition) is 4. The van der Waals surface area contributed by atoms with Gasteiger partial charge in [-0.15, -0.1) is 0 Å². The maximum absolute atomic E-state index is 10.5. The largest absolute Gasteiger partial charge is 0.481 e. The molecular weight excluding hydrogens is 166 g/mol. The van der Waals surface area contributed by atoms with E-state index >= 15 is 0 Å². The first-order chi connectivity index (χ1) is 5.56. The third kappa shape index (κ3) is 5.21. The van der Waals surface area contributed by atoms with Crippen LogP contribution in [-0.4, -0.2) is 29.7 Å². The summed E-state index contributed by atoms with van der Waals surface area (Å²) in [5.74, 6) is -2.18. The first-order valence-electron chi connectivity index (χ1n) is 3.24. The number of amides is 2. The number of imide groups is 1. The molecule has 0 aliphatic rings. The van der Waals surface area contributed by atoms with E-state index in [0.29, 0.717) is 0 Å². The van der Waals surface area contributed by atoms with E-state index in [9.17, 15) is 14.4 Å². The number of alkyl carbamates (subject to hydrolysis) is 1. The summed E-state index contributed by atoms with van der Waals surface area (Å²) in [6, 6.07) is 0. The second-order valence-electron chi connectivity index (χ2n) is 1.84. The molecule has 2 N–H and O–H groups in total. The summed E-state index contributed by atoms with van der Waals surface area (Å²) in [4.78, 5) is 31.0. The van der Waals surface area contributed by atoms with Crippen LogP contribution in [0.4, 0.5) is 4.79 Å². The molecule has 6 nitrogen and oxygen atoms in total. The molecule has 0 atom stereocenters. The van der Waals surface area contributed by atoms with Crippen LogP contribution in [0.1, 0.15) is 13.3 Å². The molecule has 0 aliphatic heterocycles. The molecule has 0 aromatic rings. The highest BCUT2D eigenvalue weighted by Gasteiger charge is 2.11. The van der Waals surface area contributed by atoms with Crippen molar-refractivity contribution >= 4 is 18.0 Å². The fraction of sp³-hybridized carbons (Fsp3) is 0.500. The third-order valence-electron chi connectivity index (χ3n) is 0.829. The Morgan fingerprint density at radius 1 is 1.42 bits per heavy atom. The zero-order chi connectivity index (χ0) is 9.56. The normalized spacial score (nSPS) is 8.75. The van der Waals surface area contributed by atoms with Crippen LogP contribution in [0.5, 0.6) is 0 Å². The highest BCUT2D eigenvalue weighted by atomic mass is 16.5. The lowest BCUT2D eigenvalue weighted by Gasteiger charge is -2.00. The van der Waals surface area contributed by atoms with Gasteiger partial charge in [0.2, 0.25) is 5.91 Å². The van der Waals surface area contributed by atoms with Crippen LogP contribution in [0.3, 0.4) is 0 Å². The van der Waals surface area contributed by atoms with E-state index < -0.39 is 24.4 Å². The number of rotatable bonds is 3. The molecule has 0 saturated heterocycles. The summed E-state index contributed by atoms with van der Waals surface area (Å²) in [6.45, 7) is 1.70. The van der Waals surface area contributed by atoms with Crippen LogP contribution in [0, 0.1) is 0 Å². The molecule has 2 amide bonds. The van der Waals surface area contributed by atoms with Gasteiger partial charge < -0.3 is 9.84 Å². The number of carbonyl (C=O) groups is 3. The van der Waals surface area contributed by atoms with Gasteiger partial charge in [-0.05, 0) is 6.92 Å². The molecule has 0 bridgehead atoms. The average molecular weight is 175 g/mol. The van der Waals surface area contributed by atoms with E-state index in [-0.39, 0.29) is 6.61 Å². The Morgan fingerprint density at radius 3 is 2.42 bits per heavy atom. The van der Waals surface area contributed by atoms with E-state index in [1.165, 1.54) is 0 Å². The topological polar surface area (TPSA) is 92.7 Å². The van der Waals surface area contributed by atoms with Gasteiger partial charge in [0.25, 0.3) is 0 Å². The Morgan fingerprint density at radius 2 is 2.00 bits per heavy atom. The average Bonchev–Trinajstić information content (AvgIpc) is 1.84. The summed E-state index contributed by atoms with van der Waals surface area (Å²) in [5.41, 5.74) is 0. The van der Waals surface area contributed by atoms with Crippen molar-refractivity contribution in [3.63, 3.8) is 0 Å². The SMILES string of the molecule is CCOC(=O)NC(=O)CC(=O)O. The van der Waals surface area contributed by atoms with E-state index in [0.717, 1.165) is 0 Å². The molecular formula is C6H9NO5. The minimum atomic E-state index is -1.29. The lowest BCUT2D eigenvalue weighted by molar-refractivity contribution is -0.140. The van der Waals surface area contributed by atoms with Gasteiger partial charge in [0.1, 0.15) is 6.42 Å². The molecule has 0 rings (SSSR count). The van der Waals surface area contributed by atoms with Crippen LogP contribution in [0.15, 0.2) is 0 Å². The Hall–Kier alpha value is -1.59. The molecule has 0 unspecified atom stereocenters. The zero-order valence-corrected chi connectivity index (χ0v) is 6.49.